The van der Waals surface area contributed by atoms with E-state index in [0.717, 1.165) is 30.7 Å². The fraction of sp³-hybridized carbons (Fsp3) is 0.250. The van der Waals surface area contributed by atoms with Crippen LogP contribution in [-0.4, -0.2) is 13.2 Å². The molecule has 1 heterocycles. The van der Waals surface area contributed by atoms with Crippen LogP contribution in [0.5, 0.6) is 0 Å². The maximum atomic E-state index is 14.5. The molecule has 0 atom stereocenters. The van der Waals surface area contributed by atoms with Crippen LogP contribution in [0.3, 0.4) is 0 Å². The minimum Gasteiger partial charge on any atom is -0.348 e. The topological polar surface area (TPSA) is 18.5 Å². The summed E-state index contributed by atoms with van der Waals surface area (Å²) in [4.78, 5) is 0. The van der Waals surface area contributed by atoms with Gasteiger partial charge in [-0.1, -0.05) is 24.8 Å². The maximum absolute atomic E-state index is 14.5. The Hall–Kier alpha value is -2.88. The Morgan fingerprint density at radius 3 is 2.07 bits per heavy atom. The lowest BCUT2D eigenvalue weighted by Gasteiger charge is -2.29. The van der Waals surface area contributed by atoms with E-state index in [-0.39, 0.29) is 17.0 Å². The van der Waals surface area contributed by atoms with Gasteiger partial charge < -0.3 is 9.47 Å². The van der Waals surface area contributed by atoms with E-state index in [0.29, 0.717) is 29.5 Å². The Morgan fingerprint density at radius 1 is 0.800 bits per heavy atom. The van der Waals surface area contributed by atoms with Gasteiger partial charge in [-0.15, -0.1) is 0 Å². The van der Waals surface area contributed by atoms with Crippen molar-refractivity contribution >= 4 is 10.8 Å². The molecule has 0 aliphatic carbocycles. The number of hydrogen-bond acceptors (Lipinski definition) is 2. The van der Waals surface area contributed by atoms with Crippen molar-refractivity contribution < 1.29 is 27.0 Å². The van der Waals surface area contributed by atoms with Gasteiger partial charge in [-0.2, -0.15) is 0 Å². The summed E-state index contributed by atoms with van der Waals surface area (Å²) in [6.07, 6.45) is 0.0925. The number of rotatable bonds is 2. The number of fused-ring (bicyclic) bond motifs is 1. The molecule has 1 saturated heterocycles. The van der Waals surface area contributed by atoms with Crippen molar-refractivity contribution in [3.63, 3.8) is 0 Å². The molecular formula is C24H18F4O2. The molecule has 0 unspecified atom stereocenters. The predicted molar refractivity (Wildman–Crippen MR) is 105 cm³/mol. The Kier molecular flexibility index (Phi) is 5.76. The van der Waals surface area contributed by atoms with E-state index in [1.807, 2.05) is 6.92 Å². The zero-order chi connectivity index (χ0) is 21.3. The van der Waals surface area contributed by atoms with E-state index in [9.17, 15) is 17.6 Å². The van der Waals surface area contributed by atoms with Crippen molar-refractivity contribution in [1.29, 1.82) is 0 Å². The van der Waals surface area contributed by atoms with E-state index in [4.69, 9.17) is 9.47 Å². The van der Waals surface area contributed by atoms with Gasteiger partial charge in [0.05, 0.1) is 18.8 Å². The van der Waals surface area contributed by atoms with Crippen LogP contribution in [0.2, 0.25) is 0 Å². The van der Waals surface area contributed by atoms with Gasteiger partial charge in [-0.05, 0) is 53.6 Å². The molecule has 0 spiro atoms. The first-order chi connectivity index (χ1) is 14.4. The van der Waals surface area contributed by atoms with Crippen molar-refractivity contribution in [2.24, 2.45) is 5.92 Å². The molecule has 0 bridgehead atoms. The quantitative estimate of drug-likeness (QED) is 0.386. The Morgan fingerprint density at radius 2 is 1.43 bits per heavy atom. The third-order valence-corrected chi connectivity index (χ3v) is 5.09. The average molecular weight is 414 g/mol. The molecular weight excluding hydrogens is 396 g/mol. The van der Waals surface area contributed by atoms with Crippen LogP contribution in [0.4, 0.5) is 17.6 Å². The Balaban J connectivity index is 1.59. The standard InChI is InChI=1S/C24H18F4O2/c1-2-14-12-29-24(30-13-14)18-10-20(25)19(21(26)11-18)6-4-15-3-5-16-8-22(27)23(28)9-17(16)7-15/h3,5,7-11,14,24H,2,12-13H2,1H3. The summed E-state index contributed by atoms with van der Waals surface area (Å²) < 4.78 is 66.9. The lowest BCUT2D eigenvalue weighted by Crippen LogP contribution is -2.26. The maximum Gasteiger partial charge on any atom is 0.184 e. The smallest absolute Gasteiger partial charge is 0.184 e. The van der Waals surface area contributed by atoms with E-state index in [2.05, 4.69) is 11.8 Å². The molecule has 6 heteroatoms. The van der Waals surface area contributed by atoms with Gasteiger partial charge in [-0.25, -0.2) is 17.6 Å². The summed E-state index contributed by atoms with van der Waals surface area (Å²) in [7, 11) is 0. The Bertz CT molecular complexity index is 1130. The van der Waals surface area contributed by atoms with Crippen molar-refractivity contribution in [3.8, 4) is 11.8 Å². The molecule has 2 nitrogen and oxygen atoms in total. The van der Waals surface area contributed by atoms with Crippen molar-refractivity contribution in [2.75, 3.05) is 13.2 Å². The lowest BCUT2D eigenvalue weighted by molar-refractivity contribution is -0.205. The van der Waals surface area contributed by atoms with Crippen LogP contribution in [0.15, 0.2) is 42.5 Å². The second-order valence-electron chi connectivity index (χ2n) is 7.21. The van der Waals surface area contributed by atoms with Crippen LogP contribution < -0.4 is 0 Å². The van der Waals surface area contributed by atoms with Gasteiger partial charge >= 0.3 is 0 Å². The highest BCUT2D eigenvalue weighted by atomic mass is 19.2. The summed E-state index contributed by atoms with van der Waals surface area (Å²) in [5.41, 5.74) is 0.292. The number of ether oxygens (including phenoxy) is 2. The SMILES string of the molecule is CCC1COC(c2cc(F)c(C#Cc3ccc4cc(F)c(F)cc4c3)c(F)c2)OC1. The van der Waals surface area contributed by atoms with E-state index in [1.54, 1.807) is 12.1 Å². The third-order valence-electron chi connectivity index (χ3n) is 5.09. The van der Waals surface area contributed by atoms with Crippen LogP contribution >= 0.6 is 0 Å². The number of benzene rings is 3. The lowest BCUT2D eigenvalue weighted by atomic mass is 10.1. The van der Waals surface area contributed by atoms with Gasteiger partial charge in [0.15, 0.2) is 17.9 Å². The largest absolute Gasteiger partial charge is 0.348 e. The average Bonchev–Trinajstić information content (AvgIpc) is 2.74. The van der Waals surface area contributed by atoms with Crippen LogP contribution in [0.1, 0.15) is 36.3 Å². The van der Waals surface area contributed by atoms with Crippen LogP contribution in [0, 0.1) is 41.0 Å². The summed E-state index contributed by atoms with van der Waals surface area (Å²) >= 11 is 0. The number of hydrogen-bond donors (Lipinski definition) is 0. The fourth-order valence-corrected chi connectivity index (χ4v) is 3.27. The number of halogens is 4. The van der Waals surface area contributed by atoms with Crippen molar-refractivity contribution in [1.82, 2.24) is 0 Å². The molecule has 3 aromatic carbocycles. The van der Waals surface area contributed by atoms with E-state index >= 15 is 0 Å². The van der Waals surface area contributed by atoms with Crippen molar-refractivity contribution in [2.45, 2.75) is 19.6 Å². The predicted octanol–water partition coefficient (Wildman–Crippen LogP) is 5.87. The molecule has 1 fully saturated rings. The first kappa shape index (κ1) is 20.4. The monoisotopic (exact) mass is 414 g/mol. The third kappa shape index (κ3) is 4.18. The molecule has 1 aliphatic rings. The summed E-state index contributed by atoms with van der Waals surface area (Å²) in [5, 5.41) is 0.938. The zero-order valence-corrected chi connectivity index (χ0v) is 16.1. The van der Waals surface area contributed by atoms with Gasteiger partial charge in [0.25, 0.3) is 0 Å². The summed E-state index contributed by atoms with van der Waals surface area (Å²) in [6.45, 7) is 2.96. The molecule has 0 N–H and O–H groups in total. The molecule has 3 aromatic rings. The second kappa shape index (κ2) is 8.47. The highest BCUT2D eigenvalue weighted by Crippen LogP contribution is 2.28. The first-order valence-corrected chi connectivity index (χ1v) is 9.57. The van der Waals surface area contributed by atoms with E-state index in [1.165, 1.54) is 6.07 Å². The molecule has 0 radical (unpaired) electrons. The van der Waals surface area contributed by atoms with Gasteiger partial charge in [0.2, 0.25) is 0 Å². The molecule has 1 aliphatic heterocycles. The van der Waals surface area contributed by atoms with Crippen molar-refractivity contribution in [3.05, 3.63) is 82.4 Å². The highest BCUT2D eigenvalue weighted by Gasteiger charge is 2.24. The second-order valence-corrected chi connectivity index (χ2v) is 7.21. The molecule has 4 rings (SSSR count). The normalized spacial score (nSPS) is 18.8. The van der Waals surface area contributed by atoms with Crippen LogP contribution in [0.25, 0.3) is 10.8 Å². The van der Waals surface area contributed by atoms with Crippen LogP contribution in [-0.2, 0) is 9.47 Å². The highest BCUT2D eigenvalue weighted by molar-refractivity contribution is 5.84. The minimum absolute atomic E-state index is 0.258. The fourth-order valence-electron chi connectivity index (χ4n) is 3.27. The minimum atomic E-state index is -0.974. The molecule has 0 aromatic heterocycles. The Labute approximate surface area is 171 Å². The molecule has 30 heavy (non-hydrogen) atoms. The van der Waals surface area contributed by atoms with Gasteiger partial charge in [0.1, 0.15) is 11.6 Å². The summed E-state index contributed by atoms with van der Waals surface area (Å²) in [5.74, 6) is 1.87. The molecule has 154 valence electrons. The first-order valence-electron chi connectivity index (χ1n) is 9.57. The van der Waals surface area contributed by atoms with E-state index < -0.39 is 29.6 Å². The molecule has 0 amide bonds. The van der Waals surface area contributed by atoms with Gasteiger partial charge in [-0.3, -0.25) is 0 Å². The zero-order valence-electron chi connectivity index (χ0n) is 16.1. The summed E-state index contributed by atoms with van der Waals surface area (Å²) in [6, 6.07) is 9.12. The van der Waals surface area contributed by atoms with Gasteiger partial charge in [0, 0.05) is 17.0 Å². The molecule has 0 saturated carbocycles.